The van der Waals surface area contributed by atoms with Crippen molar-refractivity contribution in [1.82, 2.24) is 5.32 Å². The van der Waals surface area contributed by atoms with Crippen LogP contribution in [0.15, 0.2) is 60.7 Å². The second kappa shape index (κ2) is 7.74. The Morgan fingerprint density at radius 2 is 1.69 bits per heavy atom. The van der Waals surface area contributed by atoms with Crippen LogP contribution in [0.1, 0.15) is 16.8 Å². The first kappa shape index (κ1) is 17.5. The summed E-state index contributed by atoms with van der Waals surface area (Å²) in [6, 6.07) is 16.0. The molecular formula is C20H16F2N2O2. The lowest BCUT2D eigenvalue weighted by Crippen LogP contribution is -2.28. The summed E-state index contributed by atoms with van der Waals surface area (Å²) >= 11 is 0. The van der Waals surface area contributed by atoms with Gasteiger partial charge in [-0.3, -0.25) is 9.59 Å². The van der Waals surface area contributed by atoms with Crippen LogP contribution in [0.4, 0.5) is 14.5 Å². The number of amides is 2. The Morgan fingerprint density at radius 3 is 2.50 bits per heavy atom. The minimum absolute atomic E-state index is 0.0256. The fourth-order valence-corrected chi connectivity index (χ4v) is 2.61. The van der Waals surface area contributed by atoms with Crippen LogP contribution in [-0.4, -0.2) is 18.4 Å². The molecule has 3 aromatic rings. The Balaban J connectivity index is 1.56. The molecule has 26 heavy (non-hydrogen) atoms. The zero-order valence-electron chi connectivity index (χ0n) is 13.8. The molecule has 0 unspecified atom stereocenters. The Bertz CT molecular complexity index is 968. The standard InChI is InChI=1S/C20H16F2N2O2/c21-14-8-9-16(17(22)12-14)20(26)23-11-10-19(25)24-18-7-3-5-13-4-1-2-6-15(13)18/h1-9,12H,10-11H2,(H,23,26)(H,24,25). The highest BCUT2D eigenvalue weighted by Gasteiger charge is 2.13. The normalized spacial score (nSPS) is 10.5. The van der Waals surface area contributed by atoms with Crippen LogP contribution in [0, 0.1) is 11.6 Å². The van der Waals surface area contributed by atoms with Crippen molar-refractivity contribution in [1.29, 1.82) is 0 Å². The van der Waals surface area contributed by atoms with E-state index in [4.69, 9.17) is 0 Å². The van der Waals surface area contributed by atoms with Crippen molar-refractivity contribution in [3.63, 3.8) is 0 Å². The number of fused-ring (bicyclic) bond motifs is 1. The second-order valence-corrected chi connectivity index (χ2v) is 5.70. The molecule has 0 aromatic heterocycles. The third-order valence-electron chi connectivity index (χ3n) is 3.88. The van der Waals surface area contributed by atoms with Gasteiger partial charge in [-0.15, -0.1) is 0 Å². The van der Waals surface area contributed by atoms with Crippen LogP contribution in [0.5, 0.6) is 0 Å². The predicted molar refractivity (Wildman–Crippen MR) is 95.9 cm³/mol. The quantitative estimate of drug-likeness (QED) is 0.731. The highest BCUT2D eigenvalue weighted by Crippen LogP contribution is 2.22. The third-order valence-corrected chi connectivity index (χ3v) is 3.88. The largest absolute Gasteiger partial charge is 0.351 e. The number of hydrogen-bond acceptors (Lipinski definition) is 2. The summed E-state index contributed by atoms with van der Waals surface area (Å²) in [7, 11) is 0. The number of rotatable bonds is 5. The maximum atomic E-state index is 13.5. The van der Waals surface area contributed by atoms with Gasteiger partial charge >= 0.3 is 0 Å². The molecule has 6 heteroatoms. The van der Waals surface area contributed by atoms with Crippen molar-refractivity contribution in [3.05, 3.63) is 77.9 Å². The minimum atomic E-state index is -0.942. The number of hydrogen-bond donors (Lipinski definition) is 2. The molecule has 2 amide bonds. The lowest BCUT2D eigenvalue weighted by Gasteiger charge is -2.09. The SMILES string of the molecule is O=C(CCNC(=O)c1ccc(F)cc1F)Nc1cccc2ccccc12. The molecule has 0 atom stereocenters. The van der Waals surface area contributed by atoms with Gasteiger partial charge < -0.3 is 10.6 Å². The molecule has 0 aliphatic carbocycles. The fraction of sp³-hybridized carbons (Fsp3) is 0.100. The molecule has 0 bridgehead atoms. The topological polar surface area (TPSA) is 58.2 Å². The molecule has 0 fully saturated rings. The Morgan fingerprint density at radius 1 is 0.923 bits per heavy atom. The van der Waals surface area contributed by atoms with E-state index in [1.807, 2.05) is 36.4 Å². The summed E-state index contributed by atoms with van der Waals surface area (Å²) in [5, 5.41) is 7.18. The zero-order chi connectivity index (χ0) is 18.5. The molecule has 0 heterocycles. The van der Waals surface area contributed by atoms with Gasteiger partial charge in [-0.1, -0.05) is 36.4 Å². The van der Waals surface area contributed by atoms with Gasteiger partial charge in [-0.05, 0) is 23.6 Å². The van der Waals surface area contributed by atoms with Crippen molar-refractivity contribution in [2.45, 2.75) is 6.42 Å². The van der Waals surface area contributed by atoms with Crippen molar-refractivity contribution >= 4 is 28.3 Å². The number of carbonyl (C=O) groups is 2. The van der Waals surface area contributed by atoms with E-state index in [-0.39, 0.29) is 24.4 Å². The van der Waals surface area contributed by atoms with E-state index in [9.17, 15) is 18.4 Å². The molecule has 3 aromatic carbocycles. The van der Waals surface area contributed by atoms with Gasteiger partial charge in [0.1, 0.15) is 11.6 Å². The Hall–Kier alpha value is -3.28. The number of nitrogens with one attached hydrogen (secondary N) is 2. The van der Waals surface area contributed by atoms with E-state index in [1.165, 1.54) is 0 Å². The maximum Gasteiger partial charge on any atom is 0.254 e. The number of carbonyl (C=O) groups excluding carboxylic acids is 2. The molecule has 0 saturated heterocycles. The van der Waals surface area contributed by atoms with Crippen LogP contribution in [0.3, 0.4) is 0 Å². The first-order chi connectivity index (χ1) is 12.5. The van der Waals surface area contributed by atoms with Crippen LogP contribution in [-0.2, 0) is 4.79 Å². The average Bonchev–Trinajstić information content (AvgIpc) is 2.62. The van der Waals surface area contributed by atoms with Crippen LogP contribution in [0.2, 0.25) is 0 Å². The van der Waals surface area contributed by atoms with E-state index in [1.54, 1.807) is 6.07 Å². The van der Waals surface area contributed by atoms with Gasteiger partial charge in [0, 0.05) is 30.1 Å². The van der Waals surface area contributed by atoms with Gasteiger partial charge in [0.15, 0.2) is 0 Å². The van der Waals surface area contributed by atoms with Gasteiger partial charge in [0.2, 0.25) is 5.91 Å². The summed E-state index contributed by atoms with van der Waals surface area (Å²) in [6.07, 6.45) is 0.0256. The average molecular weight is 354 g/mol. The molecule has 0 aliphatic heterocycles. The van der Waals surface area contributed by atoms with Crippen molar-refractivity contribution in [2.24, 2.45) is 0 Å². The zero-order valence-corrected chi connectivity index (χ0v) is 13.8. The third kappa shape index (κ3) is 4.03. The summed E-state index contributed by atoms with van der Waals surface area (Å²) in [6.45, 7) is 0.0340. The summed E-state index contributed by atoms with van der Waals surface area (Å²) in [5.41, 5.74) is 0.421. The predicted octanol–water partition coefficient (Wildman–Crippen LogP) is 3.88. The summed E-state index contributed by atoms with van der Waals surface area (Å²) in [5.74, 6) is -2.67. The van der Waals surface area contributed by atoms with Gasteiger partial charge in [0.05, 0.1) is 5.56 Å². The number of halogens is 2. The van der Waals surface area contributed by atoms with E-state index in [2.05, 4.69) is 10.6 Å². The van der Waals surface area contributed by atoms with E-state index < -0.39 is 17.5 Å². The first-order valence-corrected chi connectivity index (χ1v) is 8.05. The molecular weight excluding hydrogens is 338 g/mol. The second-order valence-electron chi connectivity index (χ2n) is 5.70. The van der Waals surface area contributed by atoms with Crippen molar-refractivity contribution in [3.8, 4) is 0 Å². The summed E-state index contributed by atoms with van der Waals surface area (Å²) in [4.78, 5) is 24.0. The van der Waals surface area contributed by atoms with Gasteiger partial charge in [-0.2, -0.15) is 0 Å². The molecule has 3 rings (SSSR count). The number of anilines is 1. The molecule has 0 radical (unpaired) electrons. The maximum absolute atomic E-state index is 13.5. The Labute approximate surface area is 148 Å². The Kier molecular flexibility index (Phi) is 5.22. The van der Waals surface area contributed by atoms with E-state index in [0.29, 0.717) is 11.8 Å². The fourth-order valence-electron chi connectivity index (χ4n) is 2.61. The van der Waals surface area contributed by atoms with Gasteiger partial charge in [-0.25, -0.2) is 8.78 Å². The minimum Gasteiger partial charge on any atom is -0.351 e. The number of benzene rings is 3. The lowest BCUT2D eigenvalue weighted by atomic mass is 10.1. The summed E-state index contributed by atoms with van der Waals surface area (Å²) < 4.78 is 26.4. The molecule has 0 spiro atoms. The smallest absolute Gasteiger partial charge is 0.254 e. The first-order valence-electron chi connectivity index (χ1n) is 8.05. The van der Waals surface area contributed by atoms with E-state index >= 15 is 0 Å². The molecule has 0 aliphatic rings. The van der Waals surface area contributed by atoms with Crippen LogP contribution in [0.25, 0.3) is 10.8 Å². The monoisotopic (exact) mass is 354 g/mol. The van der Waals surface area contributed by atoms with Crippen LogP contribution >= 0.6 is 0 Å². The highest BCUT2D eigenvalue weighted by molar-refractivity contribution is 6.02. The van der Waals surface area contributed by atoms with Crippen molar-refractivity contribution in [2.75, 3.05) is 11.9 Å². The van der Waals surface area contributed by atoms with Crippen molar-refractivity contribution < 1.29 is 18.4 Å². The van der Waals surface area contributed by atoms with Crippen LogP contribution < -0.4 is 10.6 Å². The lowest BCUT2D eigenvalue weighted by molar-refractivity contribution is -0.116. The molecule has 4 nitrogen and oxygen atoms in total. The molecule has 2 N–H and O–H groups in total. The van der Waals surface area contributed by atoms with E-state index in [0.717, 1.165) is 22.9 Å². The van der Waals surface area contributed by atoms with Gasteiger partial charge in [0.25, 0.3) is 5.91 Å². The highest BCUT2D eigenvalue weighted by atomic mass is 19.1. The molecule has 0 saturated carbocycles. The molecule has 132 valence electrons.